The number of carbonyl (C=O) groups excluding carboxylic acids is 1. The molecule has 0 aromatic heterocycles. The van der Waals surface area contributed by atoms with Crippen molar-refractivity contribution in [1.29, 1.82) is 0 Å². The van der Waals surface area contributed by atoms with Gasteiger partial charge in [-0.25, -0.2) is 0 Å². The van der Waals surface area contributed by atoms with E-state index in [2.05, 4.69) is 10.6 Å². The Morgan fingerprint density at radius 1 is 1.38 bits per heavy atom. The van der Waals surface area contributed by atoms with Crippen molar-refractivity contribution in [3.05, 3.63) is 29.3 Å². The molecule has 0 saturated carbocycles. The maximum Gasteiger partial charge on any atom is 0.220 e. The van der Waals surface area contributed by atoms with Crippen LogP contribution in [0.5, 0.6) is 0 Å². The van der Waals surface area contributed by atoms with Gasteiger partial charge in [-0.3, -0.25) is 4.79 Å². The number of piperidine rings is 1. The van der Waals surface area contributed by atoms with E-state index in [9.17, 15) is 4.79 Å². The standard InChI is InChI=1S/C15H21ClN2OS.ClH/c16-12-5-7-14(8-6-12)20-10-2-4-15(19)18-13-3-1-9-17-11-13;/h5-8,13,17H,1-4,9-11H2,(H,18,19);1H. The summed E-state index contributed by atoms with van der Waals surface area (Å²) in [4.78, 5) is 13.0. The molecule has 1 atom stereocenters. The minimum atomic E-state index is 0. The number of rotatable bonds is 6. The zero-order valence-corrected chi connectivity index (χ0v) is 14.3. The first kappa shape index (κ1) is 18.6. The van der Waals surface area contributed by atoms with Crippen LogP contribution in [0.3, 0.4) is 0 Å². The smallest absolute Gasteiger partial charge is 0.220 e. The van der Waals surface area contributed by atoms with Crippen LogP contribution in [0.25, 0.3) is 0 Å². The van der Waals surface area contributed by atoms with Gasteiger partial charge in [-0.2, -0.15) is 0 Å². The summed E-state index contributed by atoms with van der Waals surface area (Å²) in [5.41, 5.74) is 0. The van der Waals surface area contributed by atoms with Gasteiger partial charge >= 0.3 is 0 Å². The number of nitrogens with one attached hydrogen (secondary N) is 2. The van der Waals surface area contributed by atoms with Crippen LogP contribution in [0, 0.1) is 0 Å². The van der Waals surface area contributed by atoms with Crippen LogP contribution < -0.4 is 10.6 Å². The fraction of sp³-hybridized carbons (Fsp3) is 0.533. The van der Waals surface area contributed by atoms with Gasteiger partial charge in [-0.15, -0.1) is 24.2 Å². The molecule has 118 valence electrons. The van der Waals surface area contributed by atoms with Crippen molar-refractivity contribution < 1.29 is 4.79 Å². The number of hydrogen-bond acceptors (Lipinski definition) is 3. The number of hydrogen-bond donors (Lipinski definition) is 2. The fourth-order valence-electron chi connectivity index (χ4n) is 2.23. The van der Waals surface area contributed by atoms with Gasteiger partial charge in [0.15, 0.2) is 0 Å². The molecule has 0 bridgehead atoms. The van der Waals surface area contributed by atoms with Crippen LogP contribution in [0.1, 0.15) is 25.7 Å². The van der Waals surface area contributed by atoms with E-state index in [0.29, 0.717) is 12.5 Å². The predicted molar refractivity (Wildman–Crippen MR) is 92.7 cm³/mol. The van der Waals surface area contributed by atoms with Crippen LogP contribution in [-0.4, -0.2) is 30.8 Å². The molecule has 2 N–H and O–H groups in total. The molecule has 1 unspecified atom stereocenters. The Labute approximate surface area is 142 Å². The molecule has 2 rings (SSSR count). The van der Waals surface area contributed by atoms with Gasteiger partial charge in [0.1, 0.15) is 0 Å². The van der Waals surface area contributed by atoms with E-state index in [1.807, 2.05) is 24.3 Å². The number of thioether (sulfide) groups is 1. The Kier molecular flexibility index (Phi) is 9.16. The van der Waals surface area contributed by atoms with Crippen LogP contribution in [0.4, 0.5) is 0 Å². The lowest BCUT2D eigenvalue weighted by Gasteiger charge is -2.23. The van der Waals surface area contributed by atoms with Crippen molar-refractivity contribution in [3.63, 3.8) is 0 Å². The topological polar surface area (TPSA) is 41.1 Å². The fourth-order valence-corrected chi connectivity index (χ4v) is 3.21. The van der Waals surface area contributed by atoms with Crippen LogP contribution >= 0.6 is 35.8 Å². The summed E-state index contributed by atoms with van der Waals surface area (Å²) in [7, 11) is 0. The van der Waals surface area contributed by atoms with Crippen molar-refractivity contribution in [2.75, 3.05) is 18.8 Å². The summed E-state index contributed by atoms with van der Waals surface area (Å²) in [6.07, 6.45) is 3.76. The molecular formula is C15H22Cl2N2OS. The molecule has 1 saturated heterocycles. The van der Waals surface area contributed by atoms with Gasteiger partial charge in [0.2, 0.25) is 5.91 Å². The van der Waals surface area contributed by atoms with Crippen molar-refractivity contribution in [3.8, 4) is 0 Å². The first-order chi connectivity index (χ1) is 9.74. The van der Waals surface area contributed by atoms with Crippen LogP contribution in [0.2, 0.25) is 5.02 Å². The quantitative estimate of drug-likeness (QED) is 0.610. The average molecular weight is 349 g/mol. The van der Waals surface area contributed by atoms with Gasteiger partial charge in [-0.05, 0) is 55.8 Å². The average Bonchev–Trinajstić information content (AvgIpc) is 2.46. The molecule has 1 fully saturated rings. The molecule has 21 heavy (non-hydrogen) atoms. The Bertz CT molecular complexity index is 422. The lowest BCUT2D eigenvalue weighted by molar-refractivity contribution is -0.121. The summed E-state index contributed by atoms with van der Waals surface area (Å²) in [5.74, 6) is 1.13. The normalized spacial score (nSPS) is 17.9. The first-order valence-corrected chi connectivity index (χ1v) is 8.49. The van der Waals surface area contributed by atoms with Crippen LogP contribution in [-0.2, 0) is 4.79 Å². The highest BCUT2D eigenvalue weighted by Crippen LogP contribution is 2.21. The maximum absolute atomic E-state index is 11.8. The lowest BCUT2D eigenvalue weighted by Crippen LogP contribution is -2.45. The molecule has 3 nitrogen and oxygen atoms in total. The Morgan fingerprint density at radius 3 is 2.81 bits per heavy atom. The number of benzene rings is 1. The molecule has 1 aromatic rings. The number of halogens is 2. The number of amides is 1. The monoisotopic (exact) mass is 348 g/mol. The Hall–Kier alpha value is -0.420. The third-order valence-electron chi connectivity index (χ3n) is 3.29. The second-order valence-corrected chi connectivity index (χ2v) is 6.62. The number of carbonyl (C=O) groups is 1. The van der Waals surface area contributed by atoms with Crippen LogP contribution in [0.15, 0.2) is 29.2 Å². The van der Waals surface area contributed by atoms with E-state index in [0.717, 1.165) is 43.1 Å². The summed E-state index contributed by atoms with van der Waals surface area (Å²) in [5, 5.41) is 7.16. The molecular weight excluding hydrogens is 327 g/mol. The van der Waals surface area contributed by atoms with Gasteiger partial charge in [0.05, 0.1) is 0 Å². The van der Waals surface area contributed by atoms with Crippen molar-refractivity contribution in [1.82, 2.24) is 10.6 Å². The molecule has 0 aliphatic carbocycles. The highest BCUT2D eigenvalue weighted by atomic mass is 35.5. The van der Waals surface area contributed by atoms with Gasteiger partial charge in [-0.1, -0.05) is 11.6 Å². The Morgan fingerprint density at radius 2 is 2.14 bits per heavy atom. The predicted octanol–water partition coefficient (Wildman–Crippen LogP) is 3.50. The Balaban J connectivity index is 0.00000220. The molecule has 1 amide bonds. The maximum atomic E-state index is 11.8. The molecule has 1 aliphatic rings. The minimum absolute atomic E-state index is 0. The zero-order valence-electron chi connectivity index (χ0n) is 11.9. The van der Waals surface area contributed by atoms with Gasteiger partial charge < -0.3 is 10.6 Å². The molecule has 0 radical (unpaired) electrons. The van der Waals surface area contributed by atoms with Gasteiger partial charge in [0.25, 0.3) is 0 Å². The third-order valence-corrected chi connectivity index (χ3v) is 4.64. The van der Waals surface area contributed by atoms with Crippen molar-refractivity contribution >= 4 is 41.7 Å². The van der Waals surface area contributed by atoms with E-state index >= 15 is 0 Å². The van der Waals surface area contributed by atoms with E-state index < -0.39 is 0 Å². The third kappa shape index (κ3) is 7.41. The second kappa shape index (κ2) is 10.3. The first-order valence-electron chi connectivity index (χ1n) is 7.12. The summed E-state index contributed by atoms with van der Waals surface area (Å²) >= 11 is 7.61. The molecule has 6 heteroatoms. The summed E-state index contributed by atoms with van der Waals surface area (Å²) < 4.78 is 0. The van der Waals surface area contributed by atoms with Crippen molar-refractivity contribution in [2.45, 2.75) is 36.6 Å². The highest BCUT2D eigenvalue weighted by Gasteiger charge is 2.14. The van der Waals surface area contributed by atoms with E-state index in [1.54, 1.807) is 11.8 Å². The lowest BCUT2D eigenvalue weighted by atomic mass is 10.1. The van der Waals surface area contributed by atoms with E-state index in [1.165, 1.54) is 4.90 Å². The van der Waals surface area contributed by atoms with Gasteiger partial charge in [0, 0.05) is 28.9 Å². The SMILES string of the molecule is Cl.O=C(CCCSc1ccc(Cl)cc1)NC1CCCNC1. The molecule has 1 aromatic carbocycles. The summed E-state index contributed by atoms with van der Waals surface area (Å²) in [6.45, 7) is 1.98. The summed E-state index contributed by atoms with van der Waals surface area (Å²) in [6, 6.07) is 8.14. The molecule has 1 aliphatic heterocycles. The van der Waals surface area contributed by atoms with E-state index in [-0.39, 0.29) is 18.3 Å². The van der Waals surface area contributed by atoms with Crippen molar-refractivity contribution in [2.24, 2.45) is 0 Å². The second-order valence-electron chi connectivity index (χ2n) is 5.02. The minimum Gasteiger partial charge on any atom is -0.352 e. The molecule has 0 spiro atoms. The highest BCUT2D eigenvalue weighted by molar-refractivity contribution is 7.99. The van der Waals surface area contributed by atoms with E-state index in [4.69, 9.17) is 11.6 Å². The molecule has 1 heterocycles. The zero-order chi connectivity index (χ0) is 14.2. The largest absolute Gasteiger partial charge is 0.352 e.